The minimum atomic E-state index is -0.806. The number of β-amino-alcohol motifs (C(OH)–C–C–N with tert-alkyl or cyclic N) is 1. The lowest BCUT2D eigenvalue weighted by Crippen LogP contribution is -2.59. The van der Waals surface area contributed by atoms with Gasteiger partial charge in [-0.25, -0.2) is 4.79 Å². The molecule has 0 saturated carbocycles. The molecule has 2 heterocycles. The number of hydrogen-bond acceptors (Lipinski definition) is 3. The third-order valence-corrected chi connectivity index (χ3v) is 4.47. The maximum atomic E-state index is 12.2. The van der Waals surface area contributed by atoms with E-state index < -0.39 is 18.0 Å². The fourth-order valence-corrected chi connectivity index (χ4v) is 2.61. The number of hydrogen-bond donors (Lipinski definition) is 2. The molecule has 6 nitrogen and oxygen atoms in total. The summed E-state index contributed by atoms with van der Waals surface area (Å²) in [5, 5.41) is 18.7. The van der Waals surface area contributed by atoms with Gasteiger partial charge in [-0.3, -0.25) is 4.79 Å². The molecule has 3 unspecified atom stereocenters. The van der Waals surface area contributed by atoms with Crippen molar-refractivity contribution in [3.8, 4) is 0 Å². The average molecular weight is 270 g/mol. The van der Waals surface area contributed by atoms with Crippen LogP contribution in [0.1, 0.15) is 20.3 Å². The molecule has 0 spiro atoms. The first-order valence-electron chi connectivity index (χ1n) is 6.85. The first-order valence-corrected chi connectivity index (χ1v) is 6.85. The lowest BCUT2D eigenvalue weighted by molar-refractivity contribution is -0.145. The van der Waals surface area contributed by atoms with Crippen LogP contribution in [-0.2, 0) is 4.79 Å². The van der Waals surface area contributed by atoms with Crippen LogP contribution in [0.15, 0.2) is 0 Å². The van der Waals surface area contributed by atoms with Gasteiger partial charge in [-0.15, -0.1) is 0 Å². The first kappa shape index (κ1) is 14.1. The second-order valence-corrected chi connectivity index (χ2v) is 5.85. The molecule has 2 aliphatic rings. The van der Waals surface area contributed by atoms with E-state index in [-0.39, 0.29) is 17.9 Å². The standard InChI is InChI=1S/C13H22N2O4/c1-8-3-4-14(7-11(8)16)13(19)15-5-10(6-15)9(2)12(17)18/h8-11,16H,3-7H2,1-2H3,(H,17,18). The van der Waals surface area contributed by atoms with Gasteiger partial charge < -0.3 is 20.0 Å². The zero-order valence-electron chi connectivity index (χ0n) is 11.5. The number of carboxylic acids is 1. The smallest absolute Gasteiger partial charge is 0.320 e. The second kappa shape index (κ2) is 5.36. The quantitative estimate of drug-likeness (QED) is 0.764. The van der Waals surface area contributed by atoms with Gasteiger partial charge in [-0.1, -0.05) is 13.8 Å². The summed E-state index contributed by atoms with van der Waals surface area (Å²) >= 11 is 0. The van der Waals surface area contributed by atoms with Crippen LogP contribution in [0.4, 0.5) is 4.79 Å². The van der Waals surface area contributed by atoms with E-state index >= 15 is 0 Å². The zero-order valence-corrected chi connectivity index (χ0v) is 11.5. The van der Waals surface area contributed by atoms with Crippen molar-refractivity contribution in [3.63, 3.8) is 0 Å². The highest BCUT2D eigenvalue weighted by atomic mass is 16.4. The van der Waals surface area contributed by atoms with E-state index in [1.54, 1.807) is 16.7 Å². The van der Waals surface area contributed by atoms with Crippen molar-refractivity contribution in [2.75, 3.05) is 26.2 Å². The Morgan fingerprint density at radius 1 is 1.21 bits per heavy atom. The summed E-state index contributed by atoms with van der Waals surface area (Å²) < 4.78 is 0. The Morgan fingerprint density at radius 2 is 1.84 bits per heavy atom. The van der Waals surface area contributed by atoms with Gasteiger partial charge in [0, 0.05) is 32.1 Å². The van der Waals surface area contributed by atoms with Gasteiger partial charge >= 0.3 is 12.0 Å². The van der Waals surface area contributed by atoms with Crippen LogP contribution in [0.3, 0.4) is 0 Å². The third kappa shape index (κ3) is 2.83. The number of aliphatic carboxylic acids is 1. The van der Waals surface area contributed by atoms with Crippen molar-refractivity contribution in [1.82, 2.24) is 9.80 Å². The molecule has 2 fully saturated rings. The molecule has 0 aromatic carbocycles. The van der Waals surface area contributed by atoms with E-state index in [2.05, 4.69) is 0 Å². The lowest BCUT2D eigenvalue weighted by atomic mass is 9.87. The molecule has 2 aliphatic heterocycles. The highest BCUT2D eigenvalue weighted by Gasteiger charge is 2.40. The first-order chi connectivity index (χ1) is 8.90. The molecule has 0 aromatic heterocycles. The van der Waals surface area contributed by atoms with Gasteiger partial charge in [0.25, 0.3) is 0 Å². The third-order valence-electron chi connectivity index (χ3n) is 4.47. The summed E-state index contributed by atoms with van der Waals surface area (Å²) in [6.45, 7) is 5.74. The number of likely N-dealkylation sites (tertiary alicyclic amines) is 2. The summed E-state index contributed by atoms with van der Waals surface area (Å²) in [6, 6.07) is -0.0696. The van der Waals surface area contributed by atoms with E-state index in [0.29, 0.717) is 26.2 Å². The van der Waals surface area contributed by atoms with E-state index in [9.17, 15) is 14.7 Å². The summed E-state index contributed by atoms with van der Waals surface area (Å²) in [6.07, 6.45) is 0.364. The van der Waals surface area contributed by atoms with E-state index in [1.165, 1.54) is 0 Å². The molecule has 2 saturated heterocycles. The van der Waals surface area contributed by atoms with Gasteiger partial charge in [-0.2, -0.15) is 0 Å². The van der Waals surface area contributed by atoms with Crippen LogP contribution in [0, 0.1) is 17.8 Å². The fourth-order valence-electron chi connectivity index (χ4n) is 2.61. The van der Waals surface area contributed by atoms with E-state index in [4.69, 9.17) is 5.11 Å². The SMILES string of the molecule is CC1CCN(C(=O)N2CC(C(C)C(=O)O)C2)CC1O. The lowest BCUT2D eigenvalue weighted by Gasteiger charge is -2.45. The molecular weight excluding hydrogens is 248 g/mol. The molecule has 3 atom stereocenters. The number of aliphatic hydroxyl groups is 1. The highest BCUT2D eigenvalue weighted by Crippen LogP contribution is 2.26. The molecule has 0 radical (unpaired) electrons. The molecule has 2 N–H and O–H groups in total. The number of nitrogens with zero attached hydrogens (tertiary/aromatic N) is 2. The topological polar surface area (TPSA) is 81.1 Å². The van der Waals surface area contributed by atoms with Gasteiger partial charge in [-0.05, 0) is 12.3 Å². The minimum absolute atomic E-state index is 0.0510. The number of rotatable bonds is 2. The number of carbonyl (C=O) groups is 2. The van der Waals surface area contributed by atoms with Gasteiger partial charge in [0.15, 0.2) is 0 Å². The monoisotopic (exact) mass is 270 g/mol. The molecule has 2 amide bonds. The molecular formula is C13H22N2O4. The number of aliphatic hydroxyl groups excluding tert-OH is 1. The number of piperidine rings is 1. The largest absolute Gasteiger partial charge is 0.481 e. The number of carbonyl (C=O) groups excluding carboxylic acids is 1. The summed E-state index contributed by atoms with van der Waals surface area (Å²) in [5.74, 6) is -0.925. The van der Waals surface area contributed by atoms with Crippen molar-refractivity contribution < 1.29 is 19.8 Å². The van der Waals surface area contributed by atoms with E-state index in [0.717, 1.165) is 6.42 Å². The van der Waals surface area contributed by atoms with Gasteiger partial charge in [0.1, 0.15) is 0 Å². The van der Waals surface area contributed by atoms with Gasteiger partial charge in [0.2, 0.25) is 0 Å². The van der Waals surface area contributed by atoms with E-state index in [1.807, 2.05) is 6.92 Å². The molecule has 2 rings (SSSR count). The molecule has 0 aliphatic carbocycles. The van der Waals surface area contributed by atoms with Crippen molar-refractivity contribution in [2.24, 2.45) is 17.8 Å². The van der Waals surface area contributed by atoms with Crippen LogP contribution in [0.25, 0.3) is 0 Å². The zero-order chi connectivity index (χ0) is 14.2. The number of urea groups is 1. The van der Waals surface area contributed by atoms with Crippen molar-refractivity contribution in [1.29, 1.82) is 0 Å². The van der Waals surface area contributed by atoms with Crippen molar-refractivity contribution in [3.05, 3.63) is 0 Å². The normalized spacial score (nSPS) is 29.8. The predicted octanol–water partition coefficient (Wildman–Crippen LogP) is 0.462. The fraction of sp³-hybridized carbons (Fsp3) is 0.846. The predicted molar refractivity (Wildman–Crippen MR) is 68.6 cm³/mol. The Kier molecular flexibility index (Phi) is 3.99. The highest BCUT2D eigenvalue weighted by molar-refractivity contribution is 5.76. The maximum Gasteiger partial charge on any atom is 0.320 e. The average Bonchev–Trinajstić information content (AvgIpc) is 2.30. The Morgan fingerprint density at radius 3 is 2.37 bits per heavy atom. The molecule has 6 heteroatoms. The Labute approximate surface area is 113 Å². The molecule has 0 bridgehead atoms. The summed E-state index contributed by atoms with van der Waals surface area (Å²) in [4.78, 5) is 26.4. The number of amides is 2. The minimum Gasteiger partial charge on any atom is -0.481 e. The Bertz CT molecular complexity index is 368. The van der Waals surface area contributed by atoms with Crippen molar-refractivity contribution in [2.45, 2.75) is 26.4 Å². The maximum absolute atomic E-state index is 12.2. The van der Waals surface area contributed by atoms with Crippen LogP contribution in [-0.4, -0.2) is 64.3 Å². The van der Waals surface area contributed by atoms with Crippen LogP contribution >= 0.6 is 0 Å². The second-order valence-electron chi connectivity index (χ2n) is 5.85. The summed E-state index contributed by atoms with van der Waals surface area (Å²) in [5.41, 5.74) is 0. The van der Waals surface area contributed by atoms with Crippen LogP contribution in [0.5, 0.6) is 0 Å². The molecule has 0 aromatic rings. The Balaban J connectivity index is 1.82. The van der Waals surface area contributed by atoms with Crippen LogP contribution < -0.4 is 0 Å². The molecule has 108 valence electrons. The Hall–Kier alpha value is -1.30. The number of carboxylic acid groups (broad SMARTS) is 1. The summed E-state index contributed by atoms with van der Waals surface area (Å²) in [7, 11) is 0. The van der Waals surface area contributed by atoms with Crippen LogP contribution in [0.2, 0.25) is 0 Å². The van der Waals surface area contributed by atoms with Gasteiger partial charge in [0.05, 0.1) is 12.0 Å². The van der Waals surface area contributed by atoms with Crippen molar-refractivity contribution >= 4 is 12.0 Å². The molecule has 19 heavy (non-hydrogen) atoms.